The van der Waals surface area contributed by atoms with Gasteiger partial charge in [0.05, 0.1) is 0 Å². The molecule has 4 heteroatoms. The van der Waals surface area contributed by atoms with Crippen LogP contribution in [0, 0.1) is 6.92 Å². The first kappa shape index (κ1) is 11.3. The number of nitrogens with zero attached hydrogens (tertiary/aromatic N) is 2. The fraction of sp³-hybridized carbons (Fsp3) is 0.600. The summed E-state index contributed by atoms with van der Waals surface area (Å²) < 4.78 is 0. The van der Waals surface area contributed by atoms with Gasteiger partial charge in [-0.25, -0.2) is 9.97 Å². The highest BCUT2D eigenvalue weighted by Crippen LogP contribution is 2.07. The third-order valence-electron chi connectivity index (χ3n) is 1.74. The molecule has 0 aromatic carbocycles. The molecule has 1 aromatic heterocycles. The van der Waals surface area contributed by atoms with E-state index in [0.29, 0.717) is 6.04 Å². The maximum atomic E-state index is 4.29. The molecular formula is C10H17N3S. The van der Waals surface area contributed by atoms with Gasteiger partial charge >= 0.3 is 0 Å². The largest absolute Gasteiger partial charge is 0.367 e. The van der Waals surface area contributed by atoms with Gasteiger partial charge in [-0.2, -0.15) is 11.8 Å². The minimum absolute atomic E-state index is 0.453. The highest BCUT2D eigenvalue weighted by atomic mass is 32.2. The first-order chi connectivity index (χ1) is 6.72. The normalized spacial score (nSPS) is 12.5. The average molecular weight is 211 g/mol. The van der Waals surface area contributed by atoms with E-state index in [4.69, 9.17) is 0 Å². The molecule has 14 heavy (non-hydrogen) atoms. The Morgan fingerprint density at radius 3 is 3.00 bits per heavy atom. The Kier molecular flexibility index (Phi) is 4.73. The smallest absolute Gasteiger partial charge is 0.129 e. The highest BCUT2D eigenvalue weighted by molar-refractivity contribution is 7.99. The molecule has 0 saturated heterocycles. The van der Waals surface area contributed by atoms with Crippen molar-refractivity contribution in [2.24, 2.45) is 0 Å². The Balaban J connectivity index is 2.43. The van der Waals surface area contributed by atoms with Crippen molar-refractivity contribution >= 4 is 17.6 Å². The van der Waals surface area contributed by atoms with Crippen LogP contribution < -0.4 is 5.32 Å². The monoisotopic (exact) mass is 211 g/mol. The van der Waals surface area contributed by atoms with Crippen LogP contribution in [0.1, 0.15) is 19.7 Å². The Morgan fingerprint density at radius 2 is 2.36 bits per heavy atom. The van der Waals surface area contributed by atoms with Gasteiger partial charge in [0.15, 0.2) is 0 Å². The predicted octanol–water partition coefficient (Wildman–Crippen LogP) is 2.34. The standard InChI is InChI=1S/C10H17N3S/c1-4-14-7-8(2)12-10-5-6-11-9(3)13-10/h5-6,8H,4,7H2,1-3H3,(H,11,12,13). The Hall–Kier alpha value is -0.770. The van der Waals surface area contributed by atoms with Crippen molar-refractivity contribution in [1.82, 2.24) is 9.97 Å². The molecule has 78 valence electrons. The minimum atomic E-state index is 0.453. The maximum Gasteiger partial charge on any atom is 0.129 e. The van der Waals surface area contributed by atoms with Crippen LogP contribution in [0.25, 0.3) is 0 Å². The lowest BCUT2D eigenvalue weighted by Crippen LogP contribution is -2.19. The zero-order valence-corrected chi connectivity index (χ0v) is 9.77. The van der Waals surface area contributed by atoms with Gasteiger partial charge in [0.1, 0.15) is 11.6 Å². The molecule has 0 fully saturated rings. The summed E-state index contributed by atoms with van der Waals surface area (Å²) in [7, 11) is 0. The predicted molar refractivity (Wildman–Crippen MR) is 62.9 cm³/mol. The lowest BCUT2D eigenvalue weighted by molar-refractivity contribution is 0.892. The Bertz CT molecular complexity index is 278. The molecule has 1 aromatic rings. The van der Waals surface area contributed by atoms with Crippen LogP contribution in [-0.2, 0) is 0 Å². The lowest BCUT2D eigenvalue weighted by Gasteiger charge is -2.13. The maximum absolute atomic E-state index is 4.29. The molecule has 3 nitrogen and oxygen atoms in total. The third kappa shape index (κ3) is 3.96. The summed E-state index contributed by atoms with van der Waals surface area (Å²) in [5.41, 5.74) is 0. The zero-order chi connectivity index (χ0) is 10.4. The van der Waals surface area contributed by atoms with Gasteiger partial charge in [-0.3, -0.25) is 0 Å². The third-order valence-corrected chi connectivity index (χ3v) is 2.89. The summed E-state index contributed by atoms with van der Waals surface area (Å²) in [6.45, 7) is 6.24. The second kappa shape index (κ2) is 5.86. The van der Waals surface area contributed by atoms with Crippen molar-refractivity contribution in [1.29, 1.82) is 0 Å². The fourth-order valence-corrected chi connectivity index (χ4v) is 1.80. The minimum Gasteiger partial charge on any atom is -0.367 e. The van der Waals surface area contributed by atoms with Crippen molar-refractivity contribution in [3.63, 3.8) is 0 Å². The number of rotatable bonds is 5. The summed E-state index contributed by atoms with van der Waals surface area (Å²) in [6, 6.07) is 2.36. The molecule has 0 bridgehead atoms. The van der Waals surface area contributed by atoms with E-state index in [1.807, 2.05) is 24.8 Å². The lowest BCUT2D eigenvalue weighted by atomic mass is 10.4. The SMILES string of the molecule is CCSCC(C)Nc1ccnc(C)n1. The van der Waals surface area contributed by atoms with E-state index in [2.05, 4.69) is 29.1 Å². The van der Waals surface area contributed by atoms with E-state index in [1.165, 1.54) is 0 Å². The first-order valence-corrected chi connectivity index (χ1v) is 6.01. The number of aromatic nitrogens is 2. The average Bonchev–Trinajstić information content (AvgIpc) is 2.15. The van der Waals surface area contributed by atoms with Crippen molar-refractivity contribution in [3.05, 3.63) is 18.1 Å². The van der Waals surface area contributed by atoms with E-state index in [0.717, 1.165) is 23.1 Å². The molecule has 1 N–H and O–H groups in total. The topological polar surface area (TPSA) is 37.8 Å². The molecule has 1 heterocycles. The molecule has 0 aliphatic heterocycles. The fourth-order valence-electron chi connectivity index (χ4n) is 1.13. The molecule has 0 spiro atoms. The van der Waals surface area contributed by atoms with Crippen LogP contribution in [0.5, 0.6) is 0 Å². The van der Waals surface area contributed by atoms with Crippen molar-refractivity contribution < 1.29 is 0 Å². The highest BCUT2D eigenvalue weighted by Gasteiger charge is 2.02. The molecular weight excluding hydrogens is 194 g/mol. The van der Waals surface area contributed by atoms with Gasteiger partial charge in [-0.15, -0.1) is 0 Å². The molecule has 0 amide bonds. The van der Waals surface area contributed by atoms with E-state index < -0.39 is 0 Å². The Morgan fingerprint density at radius 1 is 1.57 bits per heavy atom. The molecule has 0 radical (unpaired) electrons. The molecule has 0 aliphatic rings. The van der Waals surface area contributed by atoms with Gasteiger partial charge in [0.2, 0.25) is 0 Å². The molecule has 0 saturated carbocycles. The van der Waals surface area contributed by atoms with Crippen LogP contribution in [0.3, 0.4) is 0 Å². The van der Waals surface area contributed by atoms with Crippen molar-refractivity contribution in [2.45, 2.75) is 26.8 Å². The van der Waals surface area contributed by atoms with Gasteiger partial charge in [0, 0.05) is 18.0 Å². The zero-order valence-electron chi connectivity index (χ0n) is 8.95. The van der Waals surface area contributed by atoms with Crippen LogP contribution in [0.4, 0.5) is 5.82 Å². The first-order valence-electron chi connectivity index (χ1n) is 4.86. The number of nitrogens with one attached hydrogen (secondary N) is 1. The van der Waals surface area contributed by atoms with E-state index >= 15 is 0 Å². The van der Waals surface area contributed by atoms with Crippen LogP contribution >= 0.6 is 11.8 Å². The van der Waals surface area contributed by atoms with E-state index in [1.54, 1.807) is 6.20 Å². The number of aryl methyl sites for hydroxylation is 1. The molecule has 1 atom stereocenters. The van der Waals surface area contributed by atoms with E-state index in [-0.39, 0.29) is 0 Å². The van der Waals surface area contributed by atoms with E-state index in [9.17, 15) is 0 Å². The van der Waals surface area contributed by atoms with Crippen molar-refractivity contribution in [2.75, 3.05) is 16.8 Å². The van der Waals surface area contributed by atoms with Crippen LogP contribution in [0.15, 0.2) is 12.3 Å². The molecule has 1 rings (SSSR count). The van der Waals surface area contributed by atoms with Crippen molar-refractivity contribution in [3.8, 4) is 0 Å². The summed E-state index contributed by atoms with van der Waals surface area (Å²) >= 11 is 1.93. The number of thioether (sulfide) groups is 1. The van der Waals surface area contributed by atoms with Crippen LogP contribution in [-0.4, -0.2) is 27.5 Å². The quantitative estimate of drug-likeness (QED) is 0.811. The second-order valence-corrected chi connectivity index (χ2v) is 4.51. The van der Waals surface area contributed by atoms with Gasteiger partial charge in [0.25, 0.3) is 0 Å². The van der Waals surface area contributed by atoms with Gasteiger partial charge in [-0.05, 0) is 25.7 Å². The summed E-state index contributed by atoms with van der Waals surface area (Å²) in [4.78, 5) is 8.34. The number of anilines is 1. The second-order valence-electron chi connectivity index (χ2n) is 3.19. The van der Waals surface area contributed by atoms with Crippen LogP contribution in [0.2, 0.25) is 0 Å². The van der Waals surface area contributed by atoms with Gasteiger partial charge < -0.3 is 5.32 Å². The summed E-state index contributed by atoms with van der Waals surface area (Å²) in [5, 5.41) is 3.35. The summed E-state index contributed by atoms with van der Waals surface area (Å²) in [5.74, 6) is 4.00. The molecule has 1 unspecified atom stereocenters. The Labute approximate surface area is 89.7 Å². The van der Waals surface area contributed by atoms with Gasteiger partial charge in [-0.1, -0.05) is 6.92 Å². The number of hydrogen-bond donors (Lipinski definition) is 1. The number of hydrogen-bond acceptors (Lipinski definition) is 4. The summed E-state index contributed by atoms with van der Waals surface area (Å²) in [6.07, 6.45) is 1.78. The molecule has 0 aliphatic carbocycles.